The number of nitrogens with two attached hydrogens (primary N) is 1. The summed E-state index contributed by atoms with van der Waals surface area (Å²) in [6, 6.07) is 4.37. The molecular formula is C14H20N2S. The quantitative estimate of drug-likeness (QED) is 0.864. The third kappa shape index (κ3) is 2.85. The molecule has 2 aromatic heterocycles. The minimum atomic E-state index is 0.124. The van der Waals surface area contributed by atoms with Gasteiger partial charge in [0.05, 0.1) is 10.2 Å². The Morgan fingerprint density at radius 3 is 2.82 bits per heavy atom. The molecule has 0 fully saturated rings. The molecule has 0 spiro atoms. The highest BCUT2D eigenvalue weighted by Gasteiger charge is 2.13. The molecule has 3 heteroatoms. The van der Waals surface area contributed by atoms with Crippen LogP contribution in [-0.2, 0) is 0 Å². The molecule has 1 unspecified atom stereocenters. The van der Waals surface area contributed by atoms with E-state index in [-0.39, 0.29) is 6.04 Å². The third-order valence-corrected chi connectivity index (χ3v) is 4.35. The molecule has 2 heterocycles. The van der Waals surface area contributed by atoms with E-state index in [2.05, 4.69) is 36.3 Å². The summed E-state index contributed by atoms with van der Waals surface area (Å²) in [5, 5.41) is 2.08. The second-order valence-electron chi connectivity index (χ2n) is 4.60. The Morgan fingerprint density at radius 1 is 1.35 bits per heavy atom. The Hall–Kier alpha value is -0.930. The standard InChI is InChI=1S/C14H20N2S/c1-3-10(4-2)7-12(15)11-8-14-13(16-9-11)5-6-17-14/h5-6,8-10,12H,3-4,7,15H2,1-2H3. The molecule has 0 saturated heterocycles. The lowest BCUT2D eigenvalue weighted by Gasteiger charge is -2.18. The first-order chi connectivity index (χ1) is 8.24. The lowest BCUT2D eigenvalue weighted by Crippen LogP contribution is -2.15. The summed E-state index contributed by atoms with van der Waals surface area (Å²) in [7, 11) is 0. The van der Waals surface area contributed by atoms with E-state index in [0.717, 1.165) is 17.9 Å². The Labute approximate surface area is 107 Å². The van der Waals surface area contributed by atoms with Gasteiger partial charge in [-0.1, -0.05) is 26.7 Å². The monoisotopic (exact) mass is 248 g/mol. The summed E-state index contributed by atoms with van der Waals surface area (Å²) < 4.78 is 1.24. The highest BCUT2D eigenvalue weighted by Crippen LogP contribution is 2.26. The van der Waals surface area contributed by atoms with Crippen LogP contribution in [0.5, 0.6) is 0 Å². The van der Waals surface area contributed by atoms with Gasteiger partial charge in [0, 0.05) is 12.2 Å². The van der Waals surface area contributed by atoms with E-state index in [1.807, 2.05) is 6.20 Å². The molecule has 0 amide bonds. The van der Waals surface area contributed by atoms with Crippen molar-refractivity contribution in [2.24, 2.45) is 11.7 Å². The molecular weight excluding hydrogens is 228 g/mol. The van der Waals surface area contributed by atoms with Crippen molar-refractivity contribution in [2.75, 3.05) is 0 Å². The molecule has 0 aliphatic carbocycles. The molecule has 2 nitrogen and oxygen atoms in total. The van der Waals surface area contributed by atoms with Gasteiger partial charge in [-0.25, -0.2) is 0 Å². The molecule has 0 aliphatic heterocycles. The Kier molecular flexibility index (Phi) is 4.13. The van der Waals surface area contributed by atoms with Crippen molar-refractivity contribution in [3.05, 3.63) is 29.3 Å². The second-order valence-corrected chi connectivity index (χ2v) is 5.55. The first-order valence-corrected chi connectivity index (χ1v) is 7.21. The average Bonchev–Trinajstić information content (AvgIpc) is 2.82. The predicted octanol–water partition coefficient (Wildman–Crippen LogP) is 4.12. The first-order valence-electron chi connectivity index (χ1n) is 6.33. The zero-order valence-corrected chi connectivity index (χ0v) is 11.3. The number of fused-ring (bicyclic) bond motifs is 1. The van der Waals surface area contributed by atoms with Crippen LogP contribution in [0.2, 0.25) is 0 Å². The molecule has 2 rings (SSSR count). The van der Waals surface area contributed by atoms with Gasteiger partial charge < -0.3 is 5.73 Å². The smallest absolute Gasteiger partial charge is 0.0809 e. The van der Waals surface area contributed by atoms with Crippen molar-refractivity contribution >= 4 is 21.6 Å². The lowest BCUT2D eigenvalue weighted by molar-refractivity contribution is 0.414. The molecule has 0 radical (unpaired) electrons. The topological polar surface area (TPSA) is 38.9 Å². The maximum atomic E-state index is 6.27. The SMILES string of the molecule is CCC(CC)CC(N)c1cnc2ccsc2c1. The van der Waals surface area contributed by atoms with Crippen molar-refractivity contribution in [3.63, 3.8) is 0 Å². The van der Waals surface area contributed by atoms with Gasteiger partial charge >= 0.3 is 0 Å². The second kappa shape index (κ2) is 5.61. The van der Waals surface area contributed by atoms with Crippen LogP contribution in [-0.4, -0.2) is 4.98 Å². The first kappa shape index (κ1) is 12.5. The minimum Gasteiger partial charge on any atom is -0.324 e. The van der Waals surface area contributed by atoms with Gasteiger partial charge in [-0.15, -0.1) is 11.3 Å². The molecule has 2 aromatic rings. The summed E-state index contributed by atoms with van der Waals surface area (Å²) in [5.41, 5.74) is 8.52. The lowest BCUT2D eigenvalue weighted by atomic mass is 9.92. The van der Waals surface area contributed by atoms with Crippen molar-refractivity contribution < 1.29 is 0 Å². The number of pyridine rings is 1. The van der Waals surface area contributed by atoms with Crippen molar-refractivity contribution in [2.45, 2.75) is 39.2 Å². The number of hydrogen-bond acceptors (Lipinski definition) is 3. The van der Waals surface area contributed by atoms with E-state index in [1.54, 1.807) is 11.3 Å². The van der Waals surface area contributed by atoms with Crippen molar-refractivity contribution in [1.82, 2.24) is 4.98 Å². The third-order valence-electron chi connectivity index (χ3n) is 3.49. The summed E-state index contributed by atoms with van der Waals surface area (Å²) in [5.74, 6) is 0.726. The van der Waals surface area contributed by atoms with Crippen LogP contribution in [0.25, 0.3) is 10.2 Å². The Morgan fingerprint density at radius 2 is 2.12 bits per heavy atom. The molecule has 1 atom stereocenters. The minimum absolute atomic E-state index is 0.124. The van der Waals surface area contributed by atoms with Crippen molar-refractivity contribution in [3.8, 4) is 0 Å². The average molecular weight is 248 g/mol. The van der Waals surface area contributed by atoms with Gasteiger partial charge in [0.1, 0.15) is 0 Å². The summed E-state index contributed by atoms with van der Waals surface area (Å²) >= 11 is 1.73. The van der Waals surface area contributed by atoms with Gasteiger partial charge in [-0.2, -0.15) is 0 Å². The molecule has 2 N–H and O–H groups in total. The zero-order chi connectivity index (χ0) is 12.3. The zero-order valence-electron chi connectivity index (χ0n) is 10.5. The van der Waals surface area contributed by atoms with Gasteiger partial charge in [0.25, 0.3) is 0 Å². The van der Waals surface area contributed by atoms with Crippen LogP contribution >= 0.6 is 11.3 Å². The molecule has 17 heavy (non-hydrogen) atoms. The number of nitrogens with zero attached hydrogens (tertiary/aromatic N) is 1. The summed E-state index contributed by atoms with van der Waals surface area (Å²) in [4.78, 5) is 4.45. The van der Waals surface area contributed by atoms with Crippen LogP contribution in [0.3, 0.4) is 0 Å². The largest absolute Gasteiger partial charge is 0.324 e. The van der Waals surface area contributed by atoms with E-state index in [4.69, 9.17) is 5.73 Å². The highest BCUT2D eigenvalue weighted by molar-refractivity contribution is 7.17. The highest BCUT2D eigenvalue weighted by atomic mass is 32.1. The van der Waals surface area contributed by atoms with E-state index >= 15 is 0 Å². The molecule has 0 bridgehead atoms. The van der Waals surface area contributed by atoms with E-state index in [1.165, 1.54) is 23.1 Å². The molecule has 0 aliphatic rings. The van der Waals surface area contributed by atoms with E-state index in [0.29, 0.717) is 0 Å². The van der Waals surface area contributed by atoms with Crippen LogP contribution in [0.4, 0.5) is 0 Å². The van der Waals surface area contributed by atoms with Gasteiger partial charge in [-0.3, -0.25) is 4.98 Å². The van der Waals surface area contributed by atoms with E-state index < -0.39 is 0 Å². The summed E-state index contributed by atoms with van der Waals surface area (Å²) in [6.07, 6.45) is 5.41. The van der Waals surface area contributed by atoms with Crippen LogP contribution < -0.4 is 5.73 Å². The fourth-order valence-electron chi connectivity index (χ4n) is 2.18. The van der Waals surface area contributed by atoms with Crippen molar-refractivity contribution in [1.29, 1.82) is 0 Å². The van der Waals surface area contributed by atoms with Gasteiger partial charge in [0.15, 0.2) is 0 Å². The Bertz CT molecular complexity index is 474. The molecule has 0 aromatic carbocycles. The number of rotatable bonds is 5. The predicted molar refractivity (Wildman–Crippen MR) is 75.2 cm³/mol. The molecule has 92 valence electrons. The number of aromatic nitrogens is 1. The normalized spacial score (nSPS) is 13.4. The van der Waals surface area contributed by atoms with Crippen LogP contribution in [0.1, 0.15) is 44.7 Å². The number of hydrogen-bond donors (Lipinski definition) is 1. The maximum Gasteiger partial charge on any atom is 0.0809 e. The Balaban J connectivity index is 2.14. The fraction of sp³-hybridized carbons (Fsp3) is 0.500. The van der Waals surface area contributed by atoms with Gasteiger partial charge in [0.2, 0.25) is 0 Å². The van der Waals surface area contributed by atoms with Gasteiger partial charge in [-0.05, 0) is 35.4 Å². The summed E-state index contributed by atoms with van der Waals surface area (Å²) in [6.45, 7) is 4.48. The molecule has 0 saturated carbocycles. The maximum absolute atomic E-state index is 6.27. The van der Waals surface area contributed by atoms with Crippen LogP contribution in [0, 0.1) is 5.92 Å². The fourth-order valence-corrected chi connectivity index (χ4v) is 2.97. The van der Waals surface area contributed by atoms with Crippen LogP contribution in [0.15, 0.2) is 23.7 Å². The number of thiophene rings is 1. The van der Waals surface area contributed by atoms with E-state index in [9.17, 15) is 0 Å².